The lowest BCUT2D eigenvalue weighted by Gasteiger charge is -2.50. The molecule has 0 amide bonds. The van der Waals surface area contributed by atoms with Crippen molar-refractivity contribution in [3.05, 3.63) is 0 Å². The largest absolute Gasteiger partial charge is 0.393 e. The molecule has 0 radical (unpaired) electrons. The van der Waals surface area contributed by atoms with Crippen LogP contribution in [-0.4, -0.2) is 28.8 Å². The number of hydrogen-bond acceptors (Lipinski definition) is 3. The average Bonchev–Trinajstić information content (AvgIpc) is 2.40. The molecular formula is C14H27NOS. The molecule has 100 valence electrons. The molecule has 2 fully saturated rings. The van der Waals surface area contributed by atoms with Crippen molar-refractivity contribution < 1.29 is 5.11 Å². The second-order valence-corrected chi connectivity index (χ2v) is 7.09. The van der Waals surface area contributed by atoms with Crippen LogP contribution >= 0.6 is 11.8 Å². The third-order valence-corrected chi connectivity index (χ3v) is 6.15. The summed E-state index contributed by atoms with van der Waals surface area (Å²) in [7, 11) is 0. The minimum Gasteiger partial charge on any atom is -0.393 e. The van der Waals surface area contributed by atoms with Crippen LogP contribution in [0.3, 0.4) is 0 Å². The summed E-state index contributed by atoms with van der Waals surface area (Å²) in [5.41, 5.74) is 6.81. The van der Waals surface area contributed by atoms with E-state index in [1.54, 1.807) is 0 Å². The minimum atomic E-state index is -0.0647. The summed E-state index contributed by atoms with van der Waals surface area (Å²) in [5, 5.41) is 9.75. The molecule has 3 heteroatoms. The first-order valence-electron chi connectivity index (χ1n) is 7.20. The second-order valence-electron chi connectivity index (χ2n) is 5.87. The molecule has 1 saturated carbocycles. The highest BCUT2D eigenvalue weighted by atomic mass is 32.2. The van der Waals surface area contributed by atoms with Gasteiger partial charge in [0.15, 0.2) is 0 Å². The zero-order chi connectivity index (χ0) is 12.3. The van der Waals surface area contributed by atoms with E-state index in [0.717, 1.165) is 38.0 Å². The summed E-state index contributed by atoms with van der Waals surface area (Å²) >= 11 is 2.09. The van der Waals surface area contributed by atoms with E-state index in [0.29, 0.717) is 11.5 Å². The Morgan fingerprint density at radius 2 is 1.82 bits per heavy atom. The molecule has 3 N–H and O–H groups in total. The van der Waals surface area contributed by atoms with Gasteiger partial charge in [-0.2, -0.15) is 11.8 Å². The van der Waals surface area contributed by atoms with Crippen molar-refractivity contribution in [1.82, 2.24) is 0 Å². The Hall–Kier alpha value is 0.270. The molecule has 2 aliphatic rings. The fraction of sp³-hybridized carbons (Fsp3) is 1.00. The molecule has 0 bridgehead atoms. The Kier molecular flexibility index (Phi) is 4.79. The predicted octanol–water partition coefficient (Wildman–Crippen LogP) is 2.79. The maximum Gasteiger partial charge on any atom is 0.0540 e. The second kappa shape index (κ2) is 5.94. The van der Waals surface area contributed by atoms with E-state index < -0.39 is 0 Å². The number of hydrogen-bond donors (Lipinski definition) is 2. The minimum absolute atomic E-state index is 0.0647. The number of aliphatic hydroxyl groups excluding tert-OH is 1. The first kappa shape index (κ1) is 13.7. The van der Waals surface area contributed by atoms with Crippen LogP contribution in [0.5, 0.6) is 0 Å². The van der Waals surface area contributed by atoms with Crippen molar-refractivity contribution in [1.29, 1.82) is 0 Å². The van der Waals surface area contributed by atoms with Crippen molar-refractivity contribution in [2.75, 3.05) is 11.5 Å². The van der Waals surface area contributed by atoms with Gasteiger partial charge in [-0.3, -0.25) is 0 Å². The van der Waals surface area contributed by atoms with E-state index in [9.17, 15) is 5.11 Å². The summed E-state index contributed by atoms with van der Waals surface area (Å²) in [6.07, 6.45) is 7.94. The first-order valence-corrected chi connectivity index (χ1v) is 8.36. The van der Waals surface area contributed by atoms with Crippen molar-refractivity contribution in [3.63, 3.8) is 0 Å². The van der Waals surface area contributed by atoms with E-state index in [-0.39, 0.29) is 6.10 Å². The number of rotatable bonds is 3. The molecular weight excluding hydrogens is 230 g/mol. The molecule has 2 rings (SSSR count). The van der Waals surface area contributed by atoms with Crippen molar-refractivity contribution in [2.24, 2.45) is 17.1 Å². The molecule has 17 heavy (non-hydrogen) atoms. The molecule has 1 aliphatic heterocycles. The van der Waals surface area contributed by atoms with Crippen LogP contribution in [0, 0.1) is 11.3 Å². The van der Waals surface area contributed by atoms with Crippen LogP contribution in [0.2, 0.25) is 0 Å². The summed E-state index contributed by atoms with van der Waals surface area (Å²) in [4.78, 5) is 0. The SMILES string of the molecule is CCC(N)C1(C2CCSCC2)CCC(O)CC1. The number of thioether (sulfide) groups is 1. The van der Waals surface area contributed by atoms with Crippen molar-refractivity contribution >= 4 is 11.8 Å². The van der Waals surface area contributed by atoms with Gasteiger partial charge >= 0.3 is 0 Å². The molecule has 0 aromatic heterocycles. The summed E-state index contributed by atoms with van der Waals surface area (Å²) < 4.78 is 0. The number of nitrogens with two attached hydrogens (primary N) is 1. The molecule has 1 saturated heterocycles. The van der Waals surface area contributed by atoms with E-state index in [1.807, 2.05) is 0 Å². The zero-order valence-corrected chi connectivity index (χ0v) is 11.8. The molecule has 0 spiro atoms. The third-order valence-electron chi connectivity index (χ3n) is 5.10. The van der Waals surface area contributed by atoms with Crippen molar-refractivity contribution in [2.45, 2.75) is 64.0 Å². The predicted molar refractivity (Wildman–Crippen MR) is 75.2 cm³/mol. The van der Waals surface area contributed by atoms with Gasteiger partial charge in [-0.1, -0.05) is 6.92 Å². The summed E-state index contributed by atoms with van der Waals surface area (Å²) in [6, 6.07) is 0.336. The van der Waals surface area contributed by atoms with E-state index in [4.69, 9.17) is 5.73 Å². The Labute approximate surface area is 110 Å². The van der Waals surface area contributed by atoms with Crippen LogP contribution < -0.4 is 5.73 Å². The van der Waals surface area contributed by atoms with Gasteiger partial charge in [0.1, 0.15) is 0 Å². The fourth-order valence-corrected chi connectivity index (χ4v) is 5.01. The van der Waals surface area contributed by atoms with Gasteiger partial charge in [0.25, 0.3) is 0 Å². The van der Waals surface area contributed by atoms with Gasteiger partial charge in [-0.15, -0.1) is 0 Å². The smallest absolute Gasteiger partial charge is 0.0540 e. The van der Waals surface area contributed by atoms with Crippen LogP contribution in [0.4, 0.5) is 0 Å². The van der Waals surface area contributed by atoms with E-state index in [2.05, 4.69) is 18.7 Å². The summed E-state index contributed by atoms with van der Waals surface area (Å²) in [6.45, 7) is 2.22. The highest BCUT2D eigenvalue weighted by molar-refractivity contribution is 7.99. The van der Waals surface area contributed by atoms with Crippen LogP contribution in [0.15, 0.2) is 0 Å². The Morgan fingerprint density at radius 3 is 2.35 bits per heavy atom. The van der Waals surface area contributed by atoms with Crippen molar-refractivity contribution in [3.8, 4) is 0 Å². The topological polar surface area (TPSA) is 46.2 Å². The number of aliphatic hydroxyl groups is 1. The highest BCUT2D eigenvalue weighted by Gasteiger charge is 2.45. The zero-order valence-electron chi connectivity index (χ0n) is 11.0. The normalized spacial score (nSPS) is 37.9. The van der Waals surface area contributed by atoms with Gasteiger partial charge in [0, 0.05) is 6.04 Å². The van der Waals surface area contributed by atoms with Crippen LogP contribution in [0.1, 0.15) is 51.9 Å². The van der Waals surface area contributed by atoms with Gasteiger partial charge in [0.2, 0.25) is 0 Å². The van der Waals surface area contributed by atoms with E-state index >= 15 is 0 Å². The van der Waals surface area contributed by atoms with Gasteiger partial charge in [-0.25, -0.2) is 0 Å². The lowest BCUT2D eigenvalue weighted by atomic mass is 9.59. The Morgan fingerprint density at radius 1 is 1.24 bits per heavy atom. The first-order chi connectivity index (χ1) is 8.19. The highest BCUT2D eigenvalue weighted by Crippen LogP contribution is 2.50. The maximum absolute atomic E-state index is 9.75. The summed E-state index contributed by atoms with van der Waals surface area (Å²) in [5.74, 6) is 3.43. The molecule has 0 aromatic carbocycles. The standard InChI is InChI=1S/C14H27NOS/c1-2-13(15)14(7-3-12(16)4-8-14)11-5-9-17-10-6-11/h11-13,16H,2-10,15H2,1H3. The van der Waals surface area contributed by atoms with Gasteiger partial charge in [-0.05, 0) is 67.8 Å². The van der Waals surface area contributed by atoms with E-state index in [1.165, 1.54) is 24.3 Å². The Balaban J connectivity index is 2.11. The molecule has 1 heterocycles. The molecule has 0 aromatic rings. The molecule has 1 unspecified atom stereocenters. The Bertz CT molecular complexity index is 232. The molecule has 1 atom stereocenters. The monoisotopic (exact) mass is 257 g/mol. The molecule has 1 aliphatic carbocycles. The van der Waals surface area contributed by atoms with Crippen LogP contribution in [-0.2, 0) is 0 Å². The quantitative estimate of drug-likeness (QED) is 0.817. The van der Waals surface area contributed by atoms with Crippen LogP contribution in [0.25, 0.3) is 0 Å². The fourth-order valence-electron chi connectivity index (χ4n) is 3.90. The van der Waals surface area contributed by atoms with Gasteiger partial charge < -0.3 is 10.8 Å². The lowest BCUT2D eigenvalue weighted by molar-refractivity contribution is 0.00153. The average molecular weight is 257 g/mol. The molecule has 2 nitrogen and oxygen atoms in total. The maximum atomic E-state index is 9.75. The lowest BCUT2D eigenvalue weighted by Crippen LogP contribution is -2.50. The van der Waals surface area contributed by atoms with Gasteiger partial charge in [0.05, 0.1) is 6.10 Å². The third kappa shape index (κ3) is 2.82.